The van der Waals surface area contributed by atoms with Gasteiger partial charge in [-0.1, -0.05) is 91.1 Å². The maximum absolute atomic E-state index is 11.0. The predicted molar refractivity (Wildman–Crippen MR) is 95.6 cm³/mol. The van der Waals surface area contributed by atoms with Crippen LogP contribution in [0.2, 0.25) is 0 Å². The molecule has 0 radical (unpaired) electrons. The Morgan fingerprint density at radius 2 is 1.26 bits per heavy atom. The second-order valence-electron chi connectivity index (χ2n) is 5.92. The van der Waals surface area contributed by atoms with Crippen LogP contribution in [0.15, 0.2) is 91.1 Å². The second kappa shape index (κ2) is 5.77. The van der Waals surface area contributed by atoms with Crippen LogP contribution in [0, 0.1) is 0 Å². The smallest absolute Gasteiger partial charge is 0.127 e. The molecule has 0 spiro atoms. The predicted octanol–water partition coefficient (Wildman–Crippen LogP) is 5.48. The minimum Gasteiger partial charge on any atom is -0.507 e. The number of aromatic hydroxyl groups is 1. The normalized spacial score (nSPS) is 16.7. The van der Waals surface area contributed by atoms with Gasteiger partial charge in [-0.05, 0) is 11.1 Å². The maximum atomic E-state index is 11.0. The van der Waals surface area contributed by atoms with Gasteiger partial charge in [0.2, 0.25) is 0 Å². The summed E-state index contributed by atoms with van der Waals surface area (Å²) in [5, 5.41) is 11.0. The van der Waals surface area contributed by atoms with Crippen LogP contribution in [0.3, 0.4) is 0 Å². The first-order chi connectivity index (χ1) is 11.3. The summed E-state index contributed by atoms with van der Waals surface area (Å²) in [5.41, 5.74) is 4.12. The van der Waals surface area contributed by atoms with Gasteiger partial charge in [0.05, 0.1) is 0 Å². The molecule has 0 atom stereocenters. The van der Waals surface area contributed by atoms with Crippen molar-refractivity contribution < 1.29 is 5.11 Å². The Kier molecular flexibility index (Phi) is 3.47. The fourth-order valence-corrected chi connectivity index (χ4v) is 3.38. The number of phenolic OH excluding ortho intramolecular Hbond substituents is 1. The first kappa shape index (κ1) is 13.8. The molecule has 23 heavy (non-hydrogen) atoms. The fourth-order valence-electron chi connectivity index (χ4n) is 3.38. The Labute approximate surface area is 136 Å². The Hall–Kier alpha value is -2.80. The van der Waals surface area contributed by atoms with E-state index in [4.69, 9.17) is 0 Å². The fraction of sp³-hybridized carbons (Fsp3) is 0.0909. The van der Waals surface area contributed by atoms with Crippen molar-refractivity contribution in [2.24, 2.45) is 0 Å². The molecule has 0 amide bonds. The maximum Gasteiger partial charge on any atom is 0.127 e. The summed E-state index contributed by atoms with van der Waals surface area (Å²) in [6, 6.07) is 14.3. The zero-order valence-corrected chi connectivity index (χ0v) is 12.8. The van der Waals surface area contributed by atoms with Crippen LogP contribution < -0.4 is 0 Å². The van der Waals surface area contributed by atoms with Crippen molar-refractivity contribution in [1.82, 2.24) is 0 Å². The minimum absolute atomic E-state index is 0.135. The number of phenols is 1. The van der Waals surface area contributed by atoms with Gasteiger partial charge in [0.1, 0.15) is 5.75 Å². The Morgan fingerprint density at radius 1 is 0.652 bits per heavy atom. The molecule has 0 saturated heterocycles. The first-order valence-electron chi connectivity index (χ1n) is 7.96. The summed E-state index contributed by atoms with van der Waals surface area (Å²) >= 11 is 0. The lowest BCUT2D eigenvalue weighted by Crippen LogP contribution is -2.02. The van der Waals surface area contributed by atoms with E-state index in [-0.39, 0.29) is 11.8 Å². The number of benzene rings is 2. The minimum atomic E-state index is 0.135. The molecule has 2 aliphatic rings. The van der Waals surface area contributed by atoms with E-state index in [1.165, 1.54) is 5.56 Å². The molecule has 1 heteroatoms. The largest absolute Gasteiger partial charge is 0.507 e. The second-order valence-corrected chi connectivity index (χ2v) is 5.92. The van der Waals surface area contributed by atoms with Crippen molar-refractivity contribution in [3.05, 3.63) is 102 Å². The summed E-state index contributed by atoms with van der Waals surface area (Å²) in [7, 11) is 0. The Bertz CT molecular complexity index is 814. The van der Waals surface area contributed by atoms with Gasteiger partial charge in [0.25, 0.3) is 0 Å². The van der Waals surface area contributed by atoms with Crippen molar-refractivity contribution in [3.63, 3.8) is 0 Å². The zero-order valence-electron chi connectivity index (χ0n) is 12.8. The third-order valence-electron chi connectivity index (χ3n) is 4.52. The van der Waals surface area contributed by atoms with Gasteiger partial charge >= 0.3 is 0 Å². The molecule has 0 aromatic heterocycles. The van der Waals surface area contributed by atoms with E-state index in [2.05, 4.69) is 42.5 Å². The molecular weight excluding hydrogens is 280 g/mol. The highest BCUT2D eigenvalue weighted by Gasteiger charge is 2.23. The van der Waals surface area contributed by atoms with E-state index in [0.717, 1.165) is 16.7 Å². The van der Waals surface area contributed by atoms with Crippen LogP contribution in [0.4, 0.5) is 0 Å². The molecule has 0 unspecified atom stereocenters. The summed E-state index contributed by atoms with van der Waals surface area (Å²) in [6.07, 6.45) is 16.8. The number of hydrogen-bond donors (Lipinski definition) is 1. The molecule has 2 aromatic rings. The quantitative estimate of drug-likeness (QED) is 0.795. The van der Waals surface area contributed by atoms with Crippen LogP contribution in [0.1, 0.15) is 23.0 Å². The topological polar surface area (TPSA) is 20.2 Å². The van der Waals surface area contributed by atoms with E-state index in [1.54, 1.807) is 0 Å². The molecule has 2 aromatic carbocycles. The number of allylic oxidation sites excluding steroid dienone is 8. The zero-order chi connectivity index (χ0) is 15.6. The highest BCUT2D eigenvalue weighted by atomic mass is 16.3. The van der Waals surface area contributed by atoms with Gasteiger partial charge in [0, 0.05) is 23.0 Å². The molecule has 2 aliphatic carbocycles. The van der Waals surface area contributed by atoms with Crippen molar-refractivity contribution in [3.8, 4) is 16.9 Å². The third kappa shape index (κ3) is 2.44. The summed E-state index contributed by atoms with van der Waals surface area (Å²) < 4.78 is 0. The Balaban J connectivity index is 1.90. The van der Waals surface area contributed by atoms with Gasteiger partial charge in [-0.2, -0.15) is 0 Å². The van der Waals surface area contributed by atoms with Gasteiger partial charge in [-0.3, -0.25) is 0 Å². The van der Waals surface area contributed by atoms with Gasteiger partial charge < -0.3 is 5.11 Å². The molecule has 0 bridgehead atoms. The van der Waals surface area contributed by atoms with E-state index in [1.807, 2.05) is 48.6 Å². The SMILES string of the molecule is Oc1c(-c2ccccc2)ccc(C2C=CC=C2)c1C1C=CC=C1. The van der Waals surface area contributed by atoms with Crippen LogP contribution in [-0.4, -0.2) is 5.11 Å². The summed E-state index contributed by atoms with van der Waals surface area (Å²) in [6.45, 7) is 0. The average Bonchev–Trinajstić information content (AvgIpc) is 3.29. The summed E-state index contributed by atoms with van der Waals surface area (Å²) in [5.74, 6) is 0.766. The first-order valence-corrected chi connectivity index (χ1v) is 7.96. The Morgan fingerprint density at radius 3 is 1.91 bits per heavy atom. The van der Waals surface area contributed by atoms with E-state index in [0.29, 0.717) is 5.75 Å². The van der Waals surface area contributed by atoms with Gasteiger partial charge in [-0.25, -0.2) is 0 Å². The molecule has 0 saturated carbocycles. The molecule has 1 nitrogen and oxygen atoms in total. The lowest BCUT2D eigenvalue weighted by Gasteiger charge is -2.20. The van der Waals surface area contributed by atoms with Crippen molar-refractivity contribution in [2.75, 3.05) is 0 Å². The number of rotatable bonds is 3. The lowest BCUT2D eigenvalue weighted by molar-refractivity contribution is 0.469. The highest BCUT2D eigenvalue weighted by molar-refractivity contribution is 5.74. The van der Waals surface area contributed by atoms with E-state index >= 15 is 0 Å². The molecule has 112 valence electrons. The number of hydrogen-bond acceptors (Lipinski definition) is 1. The molecule has 0 aliphatic heterocycles. The lowest BCUT2D eigenvalue weighted by atomic mass is 9.85. The molecule has 1 N–H and O–H groups in total. The van der Waals surface area contributed by atoms with E-state index in [9.17, 15) is 5.11 Å². The van der Waals surface area contributed by atoms with Crippen LogP contribution in [-0.2, 0) is 0 Å². The van der Waals surface area contributed by atoms with Crippen LogP contribution in [0.25, 0.3) is 11.1 Å². The molecule has 0 heterocycles. The van der Waals surface area contributed by atoms with Crippen LogP contribution >= 0.6 is 0 Å². The van der Waals surface area contributed by atoms with Crippen molar-refractivity contribution >= 4 is 0 Å². The summed E-state index contributed by atoms with van der Waals surface area (Å²) in [4.78, 5) is 0. The highest BCUT2D eigenvalue weighted by Crippen LogP contribution is 2.43. The monoisotopic (exact) mass is 298 g/mol. The van der Waals surface area contributed by atoms with E-state index < -0.39 is 0 Å². The third-order valence-corrected chi connectivity index (χ3v) is 4.52. The molecular formula is C22H18O. The standard InChI is InChI=1S/C22H18O/c23-22-20(17-8-2-1-3-9-17)15-14-19(16-10-4-5-11-16)21(22)18-12-6-7-13-18/h1-16,18,23H. The van der Waals surface area contributed by atoms with Crippen LogP contribution in [0.5, 0.6) is 5.75 Å². The molecule has 4 rings (SSSR count). The van der Waals surface area contributed by atoms with Crippen molar-refractivity contribution in [2.45, 2.75) is 11.8 Å². The van der Waals surface area contributed by atoms with Gasteiger partial charge in [0.15, 0.2) is 0 Å². The average molecular weight is 298 g/mol. The van der Waals surface area contributed by atoms with Gasteiger partial charge in [-0.15, -0.1) is 0 Å². The molecule has 0 fully saturated rings. The van der Waals surface area contributed by atoms with Crippen molar-refractivity contribution in [1.29, 1.82) is 0 Å².